The Labute approximate surface area is 128 Å². The number of hydrogen-bond donors (Lipinski definition) is 1. The molecular weight excluding hydrogens is 274 g/mol. The fourth-order valence-electron chi connectivity index (χ4n) is 2.13. The molecule has 0 aliphatic heterocycles. The lowest BCUT2D eigenvalue weighted by Gasteiger charge is -2.07. The third-order valence-electron chi connectivity index (χ3n) is 3.28. The summed E-state index contributed by atoms with van der Waals surface area (Å²) in [6.45, 7) is 1.55. The zero-order valence-electron chi connectivity index (χ0n) is 12.2. The number of carbonyl (C=O) groups is 1. The van der Waals surface area contributed by atoms with Crippen LogP contribution in [-0.2, 0) is 0 Å². The molecule has 0 saturated heterocycles. The molecule has 0 saturated carbocycles. The summed E-state index contributed by atoms with van der Waals surface area (Å²) in [5, 5.41) is 11.6. The number of ketones is 1. The minimum absolute atomic E-state index is 0.0363. The largest absolute Gasteiger partial charge is 0.339 e. The average molecular weight is 289 g/mol. The second-order valence-electron chi connectivity index (χ2n) is 4.93. The van der Waals surface area contributed by atoms with E-state index in [1.54, 1.807) is 19.1 Å². The molecule has 0 fully saturated rings. The predicted molar refractivity (Wildman–Crippen MR) is 87.2 cm³/mol. The topological polar surface area (TPSA) is 54.9 Å². The van der Waals surface area contributed by atoms with Crippen LogP contribution in [0.5, 0.6) is 0 Å². The molecule has 0 bridgehead atoms. The number of anilines is 2. The van der Waals surface area contributed by atoms with Gasteiger partial charge in [0.15, 0.2) is 11.6 Å². The zero-order chi connectivity index (χ0) is 15.4. The van der Waals surface area contributed by atoms with Crippen molar-refractivity contribution in [1.82, 2.24) is 10.2 Å². The minimum Gasteiger partial charge on any atom is -0.339 e. The lowest BCUT2D eigenvalue weighted by molar-refractivity contribution is 0.101. The SMILES string of the molecule is CC(=O)c1cccc(Nc2ccc(-c3ccccc3)nn2)c1. The van der Waals surface area contributed by atoms with Crippen LogP contribution in [0.4, 0.5) is 11.5 Å². The van der Waals surface area contributed by atoms with Crippen molar-refractivity contribution in [2.45, 2.75) is 6.92 Å². The van der Waals surface area contributed by atoms with E-state index in [-0.39, 0.29) is 5.78 Å². The van der Waals surface area contributed by atoms with E-state index < -0.39 is 0 Å². The smallest absolute Gasteiger partial charge is 0.159 e. The Kier molecular flexibility index (Phi) is 3.92. The highest BCUT2D eigenvalue weighted by Gasteiger charge is 2.03. The number of benzene rings is 2. The van der Waals surface area contributed by atoms with Crippen molar-refractivity contribution in [2.24, 2.45) is 0 Å². The van der Waals surface area contributed by atoms with Crippen molar-refractivity contribution in [3.63, 3.8) is 0 Å². The van der Waals surface area contributed by atoms with Crippen molar-refractivity contribution in [3.8, 4) is 11.3 Å². The molecule has 0 aliphatic rings. The highest BCUT2D eigenvalue weighted by atomic mass is 16.1. The monoisotopic (exact) mass is 289 g/mol. The van der Waals surface area contributed by atoms with E-state index in [1.807, 2.05) is 54.6 Å². The second-order valence-corrected chi connectivity index (χ2v) is 4.93. The first kappa shape index (κ1) is 13.9. The van der Waals surface area contributed by atoms with Crippen LogP contribution < -0.4 is 5.32 Å². The summed E-state index contributed by atoms with van der Waals surface area (Å²) in [5.74, 6) is 0.676. The number of nitrogens with zero attached hydrogens (tertiary/aromatic N) is 2. The number of carbonyl (C=O) groups excluding carboxylic acids is 1. The van der Waals surface area contributed by atoms with Gasteiger partial charge in [-0.25, -0.2) is 0 Å². The van der Waals surface area contributed by atoms with Gasteiger partial charge >= 0.3 is 0 Å². The van der Waals surface area contributed by atoms with Crippen molar-refractivity contribution < 1.29 is 4.79 Å². The van der Waals surface area contributed by atoms with Crippen molar-refractivity contribution in [2.75, 3.05) is 5.32 Å². The Bertz CT molecular complexity index is 783. The Hall–Kier alpha value is -3.01. The van der Waals surface area contributed by atoms with Crippen molar-refractivity contribution in [3.05, 3.63) is 72.3 Å². The molecule has 3 rings (SSSR count). The van der Waals surface area contributed by atoms with Gasteiger partial charge in [-0.05, 0) is 31.2 Å². The van der Waals surface area contributed by atoms with E-state index in [9.17, 15) is 4.79 Å². The molecule has 0 amide bonds. The summed E-state index contributed by atoms with van der Waals surface area (Å²) in [5.41, 5.74) is 3.33. The highest BCUT2D eigenvalue weighted by molar-refractivity contribution is 5.95. The summed E-state index contributed by atoms with van der Waals surface area (Å²) in [7, 11) is 0. The van der Waals surface area contributed by atoms with Crippen LogP contribution in [0.3, 0.4) is 0 Å². The lowest BCUT2D eigenvalue weighted by atomic mass is 10.1. The van der Waals surface area contributed by atoms with Gasteiger partial charge in [0.1, 0.15) is 0 Å². The van der Waals surface area contributed by atoms with Crippen molar-refractivity contribution in [1.29, 1.82) is 0 Å². The van der Waals surface area contributed by atoms with Gasteiger partial charge in [-0.2, -0.15) is 0 Å². The summed E-state index contributed by atoms with van der Waals surface area (Å²) in [6, 6.07) is 21.0. The summed E-state index contributed by atoms with van der Waals surface area (Å²) in [4.78, 5) is 11.4. The fraction of sp³-hybridized carbons (Fsp3) is 0.0556. The van der Waals surface area contributed by atoms with Crippen LogP contribution in [0.2, 0.25) is 0 Å². The fourth-order valence-corrected chi connectivity index (χ4v) is 2.13. The Balaban J connectivity index is 1.79. The van der Waals surface area contributed by atoms with Gasteiger partial charge in [-0.1, -0.05) is 42.5 Å². The van der Waals surface area contributed by atoms with Gasteiger partial charge < -0.3 is 5.32 Å². The summed E-state index contributed by atoms with van der Waals surface area (Å²) in [6.07, 6.45) is 0. The lowest BCUT2D eigenvalue weighted by Crippen LogP contribution is -1.98. The molecule has 0 atom stereocenters. The number of aromatic nitrogens is 2. The molecule has 1 N–H and O–H groups in total. The van der Waals surface area contributed by atoms with Crippen LogP contribution in [0.15, 0.2) is 66.7 Å². The molecule has 4 nitrogen and oxygen atoms in total. The van der Waals surface area contributed by atoms with Gasteiger partial charge in [0.2, 0.25) is 0 Å². The molecule has 3 aromatic rings. The first-order chi connectivity index (χ1) is 10.7. The van der Waals surface area contributed by atoms with Crippen molar-refractivity contribution >= 4 is 17.3 Å². The van der Waals surface area contributed by atoms with E-state index in [2.05, 4.69) is 15.5 Å². The van der Waals surface area contributed by atoms with Crippen LogP contribution in [0, 0.1) is 0 Å². The van der Waals surface area contributed by atoms with Crippen LogP contribution >= 0.6 is 0 Å². The van der Waals surface area contributed by atoms with E-state index >= 15 is 0 Å². The van der Waals surface area contributed by atoms with Crippen LogP contribution in [0.25, 0.3) is 11.3 Å². The van der Waals surface area contributed by atoms with E-state index in [0.29, 0.717) is 11.4 Å². The Morgan fingerprint density at radius 3 is 2.41 bits per heavy atom. The normalized spacial score (nSPS) is 10.2. The third-order valence-corrected chi connectivity index (χ3v) is 3.28. The molecule has 2 aromatic carbocycles. The maximum absolute atomic E-state index is 11.4. The average Bonchev–Trinajstić information content (AvgIpc) is 2.56. The molecule has 0 spiro atoms. The highest BCUT2D eigenvalue weighted by Crippen LogP contribution is 2.19. The first-order valence-electron chi connectivity index (χ1n) is 6.99. The number of hydrogen-bond acceptors (Lipinski definition) is 4. The standard InChI is InChI=1S/C18H15N3O/c1-13(22)15-8-5-9-16(12-15)19-18-11-10-17(20-21-18)14-6-3-2-4-7-14/h2-12H,1H3,(H,19,21). The zero-order valence-corrected chi connectivity index (χ0v) is 12.2. The molecule has 1 heterocycles. The van der Waals surface area contributed by atoms with Gasteiger partial charge in [0.05, 0.1) is 5.69 Å². The molecule has 1 aromatic heterocycles. The Morgan fingerprint density at radius 1 is 0.909 bits per heavy atom. The van der Waals surface area contributed by atoms with Gasteiger partial charge in [-0.3, -0.25) is 4.79 Å². The quantitative estimate of drug-likeness (QED) is 0.735. The molecule has 22 heavy (non-hydrogen) atoms. The maximum atomic E-state index is 11.4. The van der Waals surface area contributed by atoms with Crippen LogP contribution in [-0.4, -0.2) is 16.0 Å². The maximum Gasteiger partial charge on any atom is 0.159 e. The number of rotatable bonds is 4. The predicted octanol–water partition coefficient (Wildman–Crippen LogP) is 4.09. The first-order valence-corrected chi connectivity index (χ1v) is 6.99. The minimum atomic E-state index is 0.0363. The molecular formula is C18H15N3O. The van der Waals surface area contributed by atoms with E-state index in [0.717, 1.165) is 16.9 Å². The number of Topliss-reactive ketones (excluding diaryl/α,β-unsaturated/α-hetero) is 1. The van der Waals surface area contributed by atoms with Gasteiger partial charge in [0, 0.05) is 16.8 Å². The molecule has 108 valence electrons. The molecule has 0 unspecified atom stereocenters. The summed E-state index contributed by atoms with van der Waals surface area (Å²) < 4.78 is 0. The summed E-state index contributed by atoms with van der Waals surface area (Å²) >= 11 is 0. The Morgan fingerprint density at radius 2 is 1.73 bits per heavy atom. The second kappa shape index (κ2) is 6.18. The van der Waals surface area contributed by atoms with Gasteiger partial charge in [0.25, 0.3) is 0 Å². The van der Waals surface area contributed by atoms with E-state index in [4.69, 9.17) is 0 Å². The molecule has 0 aliphatic carbocycles. The van der Waals surface area contributed by atoms with Crippen LogP contribution in [0.1, 0.15) is 17.3 Å². The molecule has 4 heteroatoms. The van der Waals surface area contributed by atoms with Gasteiger partial charge in [-0.15, -0.1) is 10.2 Å². The third kappa shape index (κ3) is 3.17. The van der Waals surface area contributed by atoms with E-state index in [1.165, 1.54) is 0 Å². The molecule has 0 radical (unpaired) electrons. The number of nitrogens with one attached hydrogen (secondary N) is 1.